The van der Waals surface area contributed by atoms with Crippen molar-refractivity contribution in [1.29, 1.82) is 0 Å². The van der Waals surface area contributed by atoms with Gasteiger partial charge < -0.3 is 15.2 Å². The lowest BCUT2D eigenvalue weighted by molar-refractivity contribution is -0.185. The lowest BCUT2D eigenvalue weighted by Crippen LogP contribution is -2.59. The number of nitrogens with one attached hydrogen (secondary N) is 1. The minimum absolute atomic E-state index is 0.0251. The predicted octanol–water partition coefficient (Wildman–Crippen LogP) is 8.08. The highest BCUT2D eigenvalue weighted by Crippen LogP contribution is 2.47. The number of carboxylic acid groups (broad SMARTS) is 1. The summed E-state index contributed by atoms with van der Waals surface area (Å²) < 4.78 is 87.3. The van der Waals surface area contributed by atoms with Crippen molar-refractivity contribution in [2.75, 3.05) is 6.54 Å². The number of ether oxygens (including phenoxy) is 1. The Kier molecular flexibility index (Phi) is 8.69. The normalized spacial score (nSPS) is 25.0. The minimum atomic E-state index is -4.69. The smallest absolute Gasteiger partial charge is 0.420 e. The molecule has 2 N–H and O–H groups in total. The van der Waals surface area contributed by atoms with Crippen molar-refractivity contribution >= 4 is 16.7 Å². The van der Waals surface area contributed by atoms with Gasteiger partial charge in [-0.05, 0) is 98.2 Å². The van der Waals surface area contributed by atoms with E-state index in [1.54, 1.807) is 19.1 Å². The van der Waals surface area contributed by atoms with Crippen molar-refractivity contribution in [3.05, 3.63) is 41.0 Å². The summed E-state index contributed by atoms with van der Waals surface area (Å²) in [6.07, 6.45) is -6.89. The van der Waals surface area contributed by atoms with Crippen LogP contribution >= 0.6 is 0 Å². The van der Waals surface area contributed by atoms with E-state index in [0.29, 0.717) is 18.2 Å². The number of alkyl halides is 6. The van der Waals surface area contributed by atoms with Gasteiger partial charge in [0.05, 0.1) is 17.9 Å². The van der Waals surface area contributed by atoms with Gasteiger partial charge in [-0.25, -0.2) is 0 Å². The minimum Gasteiger partial charge on any atom is -0.490 e. The summed E-state index contributed by atoms with van der Waals surface area (Å²) in [7, 11) is 0. The Hall–Kier alpha value is -2.49. The fourth-order valence-electron chi connectivity index (χ4n) is 6.26. The van der Waals surface area contributed by atoms with E-state index in [9.17, 15) is 36.2 Å². The van der Waals surface area contributed by atoms with Crippen LogP contribution in [-0.2, 0) is 17.4 Å². The maximum absolute atomic E-state index is 14.2. The number of unbranched alkanes of at least 4 members (excludes halogenated alkanes) is 1. The first-order valence-corrected chi connectivity index (χ1v) is 13.9. The number of carboxylic acids is 1. The van der Waals surface area contributed by atoms with Gasteiger partial charge in [-0.2, -0.15) is 26.3 Å². The van der Waals surface area contributed by atoms with Crippen LogP contribution in [0, 0.1) is 24.2 Å². The molecule has 0 bridgehead atoms. The monoisotopic (exact) mass is 573 g/mol. The summed E-state index contributed by atoms with van der Waals surface area (Å²) in [6, 6.07) is 6.33. The molecule has 2 aliphatic carbocycles. The molecule has 10 heteroatoms. The maximum Gasteiger partial charge on any atom is 0.420 e. The third kappa shape index (κ3) is 6.52. The average Bonchev–Trinajstić information content (AvgIpc) is 2.84. The van der Waals surface area contributed by atoms with Crippen molar-refractivity contribution < 1.29 is 41.0 Å². The molecule has 2 saturated carbocycles. The molecule has 2 unspecified atom stereocenters. The van der Waals surface area contributed by atoms with Crippen LogP contribution in [0.4, 0.5) is 26.3 Å². The van der Waals surface area contributed by atoms with E-state index in [2.05, 4.69) is 5.32 Å². The highest BCUT2D eigenvalue weighted by molar-refractivity contribution is 5.89. The molecule has 222 valence electrons. The molecule has 2 fully saturated rings. The van der Waals surface area contributed by atoms with Crippen molar-refractivity contribution in [1.82, 2.24) is 5.32 Å². The highest BCUT2D eigenvalue weighted by Gasteiger charge is 2.51. The second-order valence-electron chi connectivity index (χ2n) is 12.0. The highest BCUT2D eigenvalue weighted by atomic mass is 19.4. The second-order valence-corrected chi connectivity index (χ2v) is 12.0. The molecule has 0 aromatic heterocycles. The van der Waals surface area contributed by atoms with Gasteiger partial charge in [0, 0.05) is 6.04 Å². The summed E-state index contributed by atoms with van der Waals surface area (Å²) in [5.41, 5.74) is 0.500. The van der Waals surface area contributed by atoms with Crippen LogP contribution in [-0.4, -0.2) is 35.9 Å². The van der Waals surface area contributed by atoms with Crippen LogP contribution in [0.25, 0.3) is 10.8 Å². The number of carbonyl (C=O) groups is 1. The molecular weight excluding hydrogens is 536 g/mol. The predicted molar refractivity (Wildman–Crippen MR) is 140 cm³/mol. The Labute approximate surface area is 230 Å². The first-order valence-electron chi connectivity index (χ1n) is 13.9. The first kappa shape index (κ1) is 30.5. The number of hydrogen-bond donors (Lipinski definition) is 2. The second kappa shape index (κ2) is 11.4. The zero-order chi connectivity index (χ0) is 29.5. The number of fused-ring (bicyclic) bond motifs is 1. The van der Waals surface area contributed by atoms with Gasteiger partial charge in [0.25, 0.3) is 0 Å². The lowest BCUT2D eigenvalue weighted by Gasteiger charge is -2.50. The fraction of sp³-hybridized carbons (Fsp3) is 0.633. The summed E-state index contributed by atoms with van der Waals surface area (Å²) in [6.45, 7) is 6.42. The van der Waals surface area contributed by atoms with E-state index < -0.39 is 35.9 Å². The number of halogens is 6. The maximum atomic E-state index is 14.2. The Morgan fingerprint density at radius 1 is 1.05 bits per heavy atom. The van der Waals surface area contributed by atoms with Crippen LogP contribution in [0.3, 0.4) is 0 Å². The Balaban J connectivity index is 1.40. The Morgan fingerprint density at radius 3 is 2.30 bits per heavy atom. The van der Waals surface area contributed by atoms with Crippen molar-refractivity contribution in [2.45, 2.75) is 96.6 Å². The first-order chi connectivity index (χ1) is 18.6. The molecule has 40 heavy (non-hydrogen) atoms. The third-order valence-corrected chi connectivity index (χ3v) is 8.98. The van der Waals surface area contributed by atoms with Crippen LogP contribution in [0.15, 0.2) is 24.3 Å². The van der Waals surface area contributed by atoms with Crippen LogP contribution in [0.1, 0.15) is 75.5 Å². The fourth-order valence-corrected chi connectivity index (χ4v) is 6.26. The molecule has 2 atom stereocenters. The average molecular weight is 574 g/mol. The largest absolute Gasteiger partial charge is 0.490 e. The number of hydrogen-bond acceptors (Lipinski definition) is 3. The molecule has 0 aliphatic heterocycles. The summed E-state index contributed by atoms with van der Waals surface area (Å²) in [5.74, 6) is -2.88. The SMILES string of the molecule is Cc1cc2c(C(F)(F)F)c(O[C@H]3CC[C@@H](C(F)(F)F)CC3)ccc2cc1CCCCNC1CC(C(=O)O)C1(C)C. The van der Waals surface area contributed by atoms with E-state index in [-0.39, 0.29) is 54.2 Å². The van der Waals surface area contributed by atoms with E-state index in [1.807, 2.05) is 13.8 Å². The van der Waals surface area contributed by atoms with E-state index >= 15 is 0 Å². The third-order valence-electron chi connectivity index (χ3n) is 8.98. The Bertz CT molecular complexity index is 1210. The zero-order valence-corrected chi connectivity index (χ0v) is 23.0. The number of benzene rings is 2. The molecular formula is C30H37F6NO3. The number of rotatable bonds is 9. The molecule has 0 heterocycles. The molecule has 0 radical (unpaired) electrons. The lowest BCUT2D eigenvalue weighted by atomic mass is 9.58. The van der Waals surface area contributed by atoms with Crippen LogP contribution < -0.4 is 10.1 Å². The molecule has 0 amide bonds. The van der Waals surface area contributed by atoms with Crippen molar-refractivity contribution in [3.63, 3.8) is 0 Å². The summed E-state index contributed by atoms with van der Waals surface area (Å²) >= 11 is 0. The van der Waals surface area contributed by atoms with Gasteiger partial charge in [-0.3, -0.25) is 4.79 Å². The summed E-state index contributed by atoms with van der Waals surface area (Å²) in [4.78, 5) is 11.3. The molecule has 0 saturated heterocycles. The molecule has 2 aromatic carbocycles. The van der Waals surface area contributed by atoms with Gasteiger partial charge >= 0.3 is 18.3 Å². The van der Waals surface area contributed by atoms with Gasteiger partial charge in [-0.15, -0.1) is 0 Å². The van der Waals surface area contributed by atoms with Crippen molar-refractivity contribution in [3.8, 4) is 5.75 Å². The van der Waals surface area contributed by atoms with Gasteiger partial charge in [0.15, 0.2) is 0 Å². The van der Waals surface area contributed by atoms with E-state index in [1.165, 1.54) is 12.1 Å². The van der Waals surface area contributed by atoms with E-state index in [0.717, 1.165) is 30.5 Å². The van der Waals surface area contributed by atoms with Gasteiger partial charge in [0.2, 0.25) is 0 Å². The van der Waals surface area contributed by atoms with Crippen LogP contribution in [0.2, 0.25) is 0 Å². The van der Waals surface area contributed by atoms with Gasteiger partial charge in [0.1, 0.15) is 11.3 Å². The molecule has 4 rings (SSSR count). The molecule has 0 spiro atoms. The Morgan fingerprint density at radius 2 is 1.73 bits per heavy atom. The number of aryl methyl sites for hydroxylation is 2. The molecule has 2 aromatic rings. The van der Waals surface area contributed by atoms with E-state index in [4.69, 9.17) is 4.74 Å². The quantitative estimate of drug-likeness (QED) is 0.235. The number of aliphatic carboxylic acids is 1. The molecule has 4 nitrogen and oxygen atoms in total. The zero-order valence-electron chi connectivity index (χ0n) is 23.0. The van der Waals surface area contributed by atoms with Crippen molar-refractivity contribution in [2.24, 2.45) is 17.3 Å². The molecule has 2 aliphatic rings. The van der Waals surface area contributed by atoms with Gasteiger partial charge in [-0.1, -0.05) is 32.0 Å². The van der Waals surface area contributed by atoms with Crippen LogP contribution in [0.5, 0.6) is 5.75 Å². The standard InChI is InChI=1S/C30H37F6NO3/c1-17-14-22-19(15-18(17)6-4-5-13-37-25-16-23(27(38)39)28(25,2)3)7-12-24(26(22)30(34,35)36)40-21-10-8-20(9-11-21)29(31,32)33/h7,12,14-15,20-21,23,25,37H,4-6,8-11,13,16H2,1-3H3,(H,38,39)/t20-,21+,23?,25?. The summed E-state index contributed by atoms with van der Waals surface area (Å²) in [5, 5.41) is 13.2. The topological polar surface area (TPSA) is 58.6 Å².